The Morgan fingerprint density at radius 2 is 1.92 bits per heavy atom. The Balaban J connectivity index is 1.93. The van der Waals surface area contributed by atoms with E-state index in [9.17, 15) is 4.79 Å². The molecule has 2 aromatic carbocycles. The molecule has 4 nitrogen and oxygen atoms in total. The predicted octanol–water partition coefficient (Wildman–Crippen LogP) is 4.06. The molecule has 0 saturated heterocycles. The Hall–Kier alpha value is -2.59. The number of rotatable bonds is 4. The highest BCUT2D eigenvalue weighted by Crippen LogP contribution is 2.48. The van der Waals surface area contributed by atoms with Crippen LogP contribution in [0.4, 0.5) is 0 Å². The second-order valence-corrected chi connectivity index (χ2v) is 6.86. The Labute approximate surface area is 146 Å². The summed E-state index contributed by atoms with van der Waals surface area (Å²) in [6.07, 6.45) is 0.550. The lowest BCUT2D eigenvalue weighted by atomic mass is 9.71. The molecule has 1 aromatic heterocycles. The molecule has 0 saturated carbocycles. The van der Waals surface area contributed by atoms with E-state index >= 15 is 0 Å². The highest BCUT2D eigenvalue weighted by atomic mass is 16.5. The molecule has 1 N–H and O–H groups in total. The summed E-state index contributed by atoms with van der Waals surface area (Å²) in [5.74, 6) is 1.33. The number of hydrogen-bond acceptors (Lipinski definition) is 4. The molecule has 128 valence electrons. The van der Waals surface area contributed by atoms with Gasteiger partial charge in [0.05, 0.1) is 17.6 Å². The van der Waals surface area contributed by atoms with E-state index in [-0.39, 0.29) is 12.4 Å². The van der Waals surface area contributed by atoms with Crippen LogP contribution in [-0.2, 0) is 5.41 Å². The summed E-state index contributed by atoms with van der Waals surface area (Å²) in [5.41, 5.74) is 2.40. The zero-order chi connectivity index (χ0) is 17.6. The Kier molecular flexibility index (Phi) is 3.65. The lowest BCUT2D eigenvalue weighted by molar-refractivity contribution is 0.102. The van der Waals surface area contributed by atoms with E-state index in [4.69, 9.17) is 14.3 Å². The zero-order valence-electron chi connectivity index (χ0n) is 14.3. The maximum atomic E-state index is 13.2. The number of carbonyl (C=O) groups excluding carboxylic acids is 1. The molecule has 0 radical (unpaired) electrons. The first-order chi connectivity index (χ1) is 12.1. The summed E-state index contributed by atoms with van der Waals surface area (Å²) in [6.45, 7) is 4.59. The van der Waals surface area contributed by atoms with Crippen molar-refractivity contribution in [3.63, 3.8) is 0 Å². The Bertz CT molecular complexity index is 965. The van der Waals surface area contributed by atoms with Crippen LogP contribution in [0.5, 0.6) is 5.75 Å². The van der Waals surface area contributed by atoms with Gasteiger partial charge in [0.2, 0.25) is 0 Å². The molecule has 0 atom stereocenters. The number of aliphatic hydroxyl groups excluding tert-OH is 1. The van der Waals surface area contributed by atoms with Crippen molar-refractivity contribution in [2.24, 2.45) is 0 Å². The van der Waals surface area contributed by atoms with Gasteiger partial charge in [-0.15, -0.1) is 0 Å². The van der Waals surface area contributed by atoms with Crippen molar-refractivity contribution < 1.29 is 19.1 Å². The van der Waals surface area contributed by atoms with Crippen LogP contribution in [0, 0.1) is 0 Å². The minimum Gasteiger partial charge on any atom is -0.493 e. The van der Waals surface area contributed by atoms with Crippen LogP contribution in [0.25, 0.3) is 11.0 Å². The molecule has 4 rings (SSSR count). The first kappa shape index (κ1) is 15.9. The molecule has 0 aliphatic heterocycles. The van der Waals surface area contributed by atoms with Crippen molar-refractivity contribution in [2.45, 2.75) is 25.7 Å². The van der Waals surface area contributed by atoms with Gasteiger partial charge in [-0.05, 0) is 26.0 Å². The molecular formula is C21H20O4. The predicted molar refractivity (Wildman–Crippen MR) is 95.4 cm³/mol. The summed E-state index contributed by atoms with van der Waals surface area (Å²) in [6, 6.07) is 13.2. The number of aliphatic hydroxyl groups is 1. The maximum Gasteiger partial charge on any atom is 0.197 e. The van der Waals surface area contributed by atoms with Crippen LogP contribution in [-0.4, -0.2) is 24.1 Å². The molecule has 0 amide bonds. The van der Waals surface area contributed by atoms with E-state index in [1.54, 1.807) is 0 Å². The summed E-state index contributed by atoms with van der Waals surface area (Å²) < 4.78 is 12.0. The van der Waals surface area contributed by atoms with Crippen molar-refractivity contribution in [1.29, 1.82) is 0 Å². The highest BCUT2D eigenvalue weighted by Gasteiger charge is 2.43. The van der Waals surface area contributed by atoms with E-state index < -0.39 is 5.41 Å². The van der Waals surface area contributed by atoms with Crippen molar-refractivity contribution in [3.05, 3.63) is 64.9 Å². The van der Waals surface area contributed by atoms with E-state index in [1.165, 1.54) is 0 Å². The van der Waals surface area contributed by atoms with Crippen molar-refractivity contribution in [3.8, 4) is 5.75 Å². The third-order valence-electron chi connectivity index (χ3n) is 4.85. The van der Waals surface area contributed by atoms with Crippen molar-refractivity contribution in [1.82, 2.24) is 0 Å². The standard InChI is InChI=1S/C21H20O4/c1-21(2)18-14(8-5-10-16(18)24-12-6-11-22)19(23)17-13-7-3-4-9-15(13)25-20(17)21/h3-5,7-10,22H,6,11-12H2,1-2H3. The summed E-state index contributed by atoms with van der Waals surface area (Å²) in [7, 11) is 0. The topological polar surface area (TPSA) is 59.7 Å². The first-order valence-corrected chi connectivity index (χ1v) is 8.49. The Morgan fingerprint density at radius 3 is 2.72 bits per heavy atom. The van der Waals surface area contributed by atoms with E-state index in [1.807, 2.05) is 42.5 Å². The smallest absolute Gasteiger partial charge is 0.197 e. The van der Waals surface area contributed by atoms with Gasteiger partial charge in [-0.25, -0.2) is 0 Å². The van der Waals surface area contributed by atoms with E-state index in [2.05, 4.69) is 13.8 Å². The average Bonchev–Trinajstić information content (AvgIpc) is 3.01. The number of hydrogen-bond donors (Lipinski definition) is 1. The van der Waals surface area contributed by atoms with Gasteiger partial charge in [0.1, 0.15) is 17.1 Å². The average molecular weight is 336 g/mol. The second-order valence-electron chi connectivity index (χ2n) is 6.86. The Morgan fingerprint density at radius 1 is 1.12 bits per heavy atom. The molecule has 0 bridgehead atoms. The molecule has 3 aromatic rings. The molecule has 1 aliphatic rings. The van der Waals surface area contributed by atoms with Gasteiger partial charge < -0.3 is 14.3 Å². The molecule has 1 aliphatic carbocycles. The molecule has 1 heterocycles. The van der Waals surface area contributed by atoms with Gasteiger partial charge in [-0.1, -0.05) is 30.3 Å². The maximum absolute atomic E-state index is 13.2. The minimum atomic E-state index is -0.493. The quantitative estimate of drug-likeness (QED) is 0.730. The van der Waals surface area contributed by atoms with Crippen LogP contribution in [0.3, 0.4) is 0 Å². The van der Waals surface area contributed by atoms with Gasteiger partial charge in [0, 0.05) is 29.5 Å². The summed E-state index contributed by atoms with van der Waals surface area (Å²) in [4.78, 5) is 13.2. The molecule has 4 heteroatoms. The van der Waals surface area contributed by atoms with E-state index in [0.717, 1.165) is 16.5 Å². The number of para-hydroxylation sites is 1. The first-order valence-electron chi connectivity index (χ1n) is 8.49. The minimum absolute atomic E-state index is 0.0260. The van der Waals surface area contributed by atoms with Crippen LogP contribution in [0.2, 0.25) is 0 Å². The molecular weight excluding hydrogens is 316 g/mol. The van der Waals surface area contributed by atoms with Crippen LogP contribution in [0.15, 0.2) is 46.9 Å². The number of ether oxygens (including phenoxy) is 1. The number of ketones is 1. The SMILES string of the molecule is CC1(C)c2oc3ccccc3c2C(=O)c2cccc(OCCCO)c21. The monoisotopic (exact) mass is 336 g/mol. The fourth-order valence-corrected chi connectivity index (χ4v) is 3.69. The number of carbonyl (C=O) groups is 1. The van der Waals surface area contributed by atoms with Crippen LogP contribution in [0.1, 0.15) is 47.5 Å². The van der Waals surface area contributed by atoms with E-state index in [0.29, 0.717) is 35.7 Å². The van der Waals surface area contributed by atoms with Crippen LogP contribution >= 0.6 is 0 Å². The summed E-state index contributed by atoms with van der Waals surface area (Å²) >= 11 is 0. The van der Waals surface area contributed by atoms with Crippen LogP contribution < -0.4 is 4.74 Å². The third kappa shape index (κ3) is 2.29. The molecule has 0 spiro atoms. The van der Waals surface area contributed by atoms with Gasteiger partial charge >= 0.3 is 0 Å². The molecule has 0 unspecified atom stereocenters. The van der Waals surface area contributed by atoms with Gasteiger partial charge in [-0.3, -0.25) is 4.79 Å². The second kappa shape index (κ2) is 5.74. The lowest BCUT2D eigenvalue weighted by Crippen LogP contribution is -2.30. The van der Waals surface area contributed by atoms with Crippen molar-refractivity contribution >= 4 is 16.8 Å². The number of fused-ring (bicyclic) bond motifs is 4. The third-order valence-corrected chi connectivity index (χ3v) is 4.85. The highest BCUT2D eigenvalue weighted by molar-refractivity contribution is 6.19. The number of benzene rings is 2. The fourth-order valence-electron chi connectivity index (χ4n) is 3.69. The normalized spacial score (nSPS) is 15.1. The van der Waals surface area contributed by atoms with Gasteiger partial charge in [-0.2, -0.15) is 0 Å². The largest absolute Gasteiger partial charge is 0.493 e. The fraction of sp³-hybridized carbons (Fsp3) is 0.286. The molecule has 0 fully saturated rings. The van der Waals surface area contributed by atoms with Crippen molar-refractivity contribution in [2.75, 3.05) is 13.2 Å². The molecule has 25 heavy (non-hydrogen) atoms. The lowest BCUT2D eigenvalue weighted by Gasteiger charge is -2.32. The zero-order valence-corrected chi connectivity index (χ0v) is 14.3. The summed E-state index contributed by atoms with van der Waals surface area (Å²) in [5, 5.41) is 9.84. The van der Waals surface area contributed by atoms with Gasteiger partial charge in [0.15, 0.2) is 5.78 Å². The van der Waals surface area contributed by atoms with Gasteiger partial charge in [0.25, 0.3) is 0 Å². The number of furan rings is 1.